The topological polar surface area (TPSA) is 53.4 Å². The number of anilines is 1. The third-order valence-corrected chi connectivity index (χ3v) is 5.48. The minimum Gasteiger partial charge on any atom is -0.478 e. The Morgan fingerprint density at radius 3 is 2.23 bits per heavy atom. The van der Waals surface area contributed by atoms with Crippen LogP contribution in [0.4, 0.5) is 19.0 Å². The Morgan fingerprint density at radius 2 is 1.70 bits per heavy atom. The molecule has 30 heavy (non-hydrogen) atoms. The molecule has 2 aromatic carbocycles. The molecule has 1 heterocycles. The minimum atomic E-state index is -4.56. The summed E-state index contributed by atoms with van der Waals surface area (Å²) in [6.07, 6.45) is -3.83. The van der Waals surface area contributed by atoms with E-state index >= 15 is 0 Å². The van der Waals surface area contributed by atoms with Gasteiger partial charge in [0.2, 0.25) is 0 Å². The third-order valence-electron chi connectivity index (χ3n) is 3.94. The number of halogens is 5. The molecular formula is C20H13Cl2F3N2O2S. The van der Waals surface area contributed by atoms with Gasteiger partial charge in [0, 0.05) is 16.1 Å². The van der Waals surface area contributed by atoms with E-state index in [2.05, 4.69) is 4.98 Å². The third kappa shape index (κ3) is 5.59. The van der Waals surface area contributed by atoms with Crippen molar-refractivity contribution in [3.63, 3.8) is 0 Å². The summed E-state index contributed by atoms with van der Waals surface area (Å²) in [4.78, 5) is 15.6. The van der Waals surface area contributed by atoms with Crippen LogP contribution in [0.15, 0.2) is 65.7 Å². The number of aromatic nitrogens is 1. The average molecular weight is 473 g/mol. The number of benzene rings is 2. The van der Waals surface area contributed by atoms with Gasteiger partial charge in [0.1, 0.15) is 0 Å². The number of aromatic carboxylic acids is 1. The van der Waals surface area contributed by atoms with Crippen LogP contribution in [0.5, 0.6) is 0 Å². The fourth-order valence-corrected chi connectivity index (χ4v) is 3.86. The lowest BCUT2D eigenvalue weighted by Crippen LogP contribution is -2.17. The SMILES string of the molecule is O=C(O)c1ccc(SN(Cc2ccc(Cl)cc2)c2ncc(C(F)(F)F)cc2Cl)cc1. The van der Waals surface area contributed by atoms with Crippen molar-refractivity contribution in [1.82, 2.24) is 4.98 Å². The highest BCUT2D eigenvalue weighted by Crippen LogP contribution is 2.37. The smallest absolute Gasteiger partial charge is 0.417 e. The molecule has 0 spiro atoms. The monoisotopic (exact) mass is 472 g/mol. The lowest BCUT2D eigenvalue weighted by molar-refractivity contribution is -0.137. The Balaban J connectivity index is 1.94. The van der Waals surface area contributed by atoms with E-state index in [0.717, 1.165) is 17.8 Å². The van der Waals surface area contributed by atoms with Crippen LogP contribution >= 0.6 is 35.1 Å². The van der Waals surface area contributed by atoms with E-state index in [1.165, 1.54) is 24.1 Å². The van der Waals surface area contributed by atoms with Gasteiger partial charge in [0.25, 0.3) is 0 Å². The van der Waals surface area contributed by atoms with Crippen LogP contribution < -0.4 is 4.31 Å². The zero-order valence-electron chi connectivity index (χ0n) is 15.0. The van der Waals surface area contributed by atoms with E-state index in [1.54, 1.807) is 40.7 Å². The molecule has 0 saturated heterocycles. The molecule has 1 N–H and O–H groups in total. The normalized spacial score (nSPS) is 11.4. The highest BCUT2D eigenvalue weighted by Gasteiger charge is 2.32. The summed E-state index contributed by atoms with van der Waals surface area (Å²) in [6.45, 7) is 0.264. The molecule has 1 aromatic heterocycles. The molecule has 10 heteroatoms. The van der Waals surface area contributed by atoms with Gasteiger partial charge in [-0.25, -0.2) is 9.78 Å². The van der Waals surface area contributed by atoms with E-state index in [4.69, 9.17) is 28.3 Å². The molecule has 0 bridgehead atoms. The lowest BCUT2D eigenvalue weighted by Gasteiger charge is -2.24. The van der Waals surface area contributed by atoms with Crippen molar-refractivity contribution in [3.8, 4) is 0 Å². The number of pyridine rings is 1. The Bertz CT molecular complexity index is 1050. The van der Waals surface area contributed by atoms with Gasteiger partial charge in [-0.1, -0.05) is 35.3 Å². The van der Waals surface area contributed by atoms with E-state index in [0.29, 0.717) is 9.92 Å². The maximum absolute atomic E-state index is 13.0. The van der Waals surface area contributed by atoms with E-state index < -0.39 is 17.7 Å². The summed E-state index contributed by atoms with van der Waals surface area (Å²) in [5, 5.41) is 9.42. The molecule has 0 amide bonds. The minimum absolute atomic E-state index is 0.120. The molecule has 0 radical (unpaired) electrons. The standard InChI is InChI=1S/C20H13Cl2F3N2O2S/c21-15-5-1-12(2-6-15)11-27(30-16-7-3-13(4-8-16)19(28)29)18-17(22)9-14(10-26-18)20(23,24)25/h1-10H,11H2,(H,28,29). The van der Waals surface area contributed by atoms with Gasteiger partial charge in [0.05, 0.1) is 22.7 Å². The number of hydrogen-bond acceptors (Lipinski definition) is 4. The zero-order chi connectivity index (χ0) is 21.9. The van der Waals surface area contributed by atoms with Crippen LogP contribution in [0.2, 0.25) is 10.0 Å². The highest BCUT2D eigenvalue weighted by molar-refractivity contribution is 8.00. The molecule has 0 saturated carbocycles. The molecule has 0 aliphatic heterocycles. The van der Waals surface area contributed by atoms with Crippen molar-refractivity contribution in [2.75, 3.05) is 4.31 Å². The van der Waals surface area contributed by atoms with Gasteiger partial charge in [-0.3, -0.25) is 4.31 Å². The predicted molar refractivity (Wildman–Crippen MR) is 111 cm³/mol. The summed E-state index contributed by atoms with van der Waals surface area (Å²) < 4.78 is 40.5. The molecule has 0 fully saturated rings. The van der Waals surface area contributed by atoms with Crippen LogP contribution in [-0.4, -0.2) is 16.1 Å². The van der Waals surface area contributed by atoms with Gasteiger partial charge in [-0.2, -0.15) is 13.2 Å². The predicted octanol–water partition coefficient (Wildman–Crippen LogP) is 6.82. The summed E-state index contributed by atoms with van der Waals surface area (Å²) in [7, 11) is 0. The summed E-state index contributed by atoms with van der Waals surface area (Å²) in [6, 6.07) is 13.9. The molecule has 3 rings (SSSR count). The van der Waals surface area contributed by atoms with Crippen LogP contribution in [0, 0.1) is 0 Å². The molecule has 3 aromatic rings. The quantitative estimate of drug-likeness (QED) is 0.398. The van der Waals surface area contributed by atoms with Crippen LogP contribution in [-0.2, 0) is 12.7 Å². The number of alkyl halides is 3. The van der Waals surface area contributed by atoms with Crippen LogP contribution in [0.3, 0.4) is 0 Å². The average Bonchev–Trinajstić information content (AvgIpc) is 2.69. The van der Waals surface area contributed by atoms with Crippen molar-refractivity contribution in [1.29, 1.82) is 0 Å². The maximum Gasteiger partial charge on any atom is 0.417 e. The number of hydrogen-bond donors (Lipinski definition) is 1. The first-order valence-electron chi connectivity index (χ1n) is 8.39. The van der Waals surface area contributed by atoms with Gasteiger partial charge in [-0.15, -0.1) is 0 Å². The second-order valence-corrected chi connectivity index (χ2v) is 8.05. The Hall–Kier alpha value is -2.42. The van der Waals surface area contributed by atoms with Gasteiger partial charge < -0.3 is 5.11 Å². The Kier molecular flexibility index (Phi) is 6.80. The van der Waals surface area contributed by atoms with Crippen molar-refractivity contribution in [2.24, 2.45) is 0 Å². The Morgan fingerprint density at radius 1 is 1.07 bits per heavy atom. The fraction of sp³-hybridized carbons (Fsp3) is 0.100. The number of nitrogens with zero attached hydrogens (tertiary/aromatic N) is 2. The van der Waals surface area contributed by atoms with Crippen molar-refractivity contribution < 1.29 is 23.1 Å². The first kappa shape index (κ1) is 22.3. The number of carboxylic acids is 1. The van der Waals surface area contributed by atoms with E-state index in [9.17, 15) is 18.0 Å². The molecular weight excluding hydrogens is 460 g/mol. The van der Waals surface area contributed by atoms with Crippen molar-refractivity contribution >= 4 is 46.9 Å². The second kappa shape index (κ2) is 9.16. The van der Waals surface area contributed by atoms with Crippen LogP contribution in [0.1, 0.15) is 21.5 Å². The zero-order valence-corrected chi connectivity index (χ0v) is 17.4. The summed E-state index contributed by atoms with van der Waals surface area (Å²) in [5.74, 6) is -0.913. The first-order valence-corrected chi connectivity index (χ1v) is 9.92. The summed E-state index contributed by atoms with van der Waals surface area (Å²) in [5.41, 5.74) is -0.000358. The lowest BCUT2D eigenvalue weighted by atomic mass is 10.2. The van der Waals surface area contributed by atoms with E-state index in [-0.39, 0.29) is 22.9 Å². The number of carboxylic acid groups (broad SMARTS) is 1. The number of rotatable bonds is 6. The van der Waals surface area contributed by atoms with E-state index in [1.807, 2.05) is 0 Å². The maximum atomic E-state index is 13.0. The van der Waals surface area contributed by atoms with Gasteiger partial charge in [-0.05, 0) is 60.0 Å². The molecule has 0 aliphatic carbocycles. The molecule has 4 nitrogen and oxygen atoms in total. The van der Waals surface area contributed by atoms with Crippen molar-refractivity contribution in [3.05, 3.63) is 87.5 Å². The molecule has 0 aliphatic rings. The largest absolute Gasteiger partial charge is 0.478 e. The fourth-order valence-electron chi connectivity index (χ4n) is 2.46. The Labute approximate surface area is 184 Å². The van der Waals surface area contributed by atoms with Gasteiger partial charge >= 0.3 is 12.1 Å². The number of carbonyl (C=O) groups is 1. The molecule has 0 unspecified atom stereocenters. The molecule has 0 atom stereocenters. The molecule has 156 valence electrons. The summed E-state index contributed by atoms with van der Waals surface area (Å²) >= 11 is 13.2. The van der Waals surface area contributed by atoms with Crippen LogP contribution in [0.25, 0.3) is 0 Å². The van der Waals surface area contributed by atoms with Gasteiger partial charge in [0.15, 0.2) is 5.82 Å². The highest BCUT2D eigenvalue weighted by atomic mass is 35.5. The second-order valence-electron chi connectivity index (χ2n) is 6.11. The van der Waals surface area contributed by atoms with Crippen molar-refractivity contribution in [2.45, 2.75) is 17.6 Å². The first-order chi connectivity index (χ1) is 14.1.